The molecule has 0 amide bonds. The predicted octanol–water partition coefficient (Wildman–Crippen LogP) is 4.52. The van der Waals surface area contributed by atoms with E-state index in [1.54, 1.807) is 6.26 Å². The van der Waals surface area contributed by atoms with Gasteiger partial charge in [-0.1, -0.05) is 17.7 Å². The van der Waals surface area contributed by atoms with Crippen LogP contribution in [0.25, 0.3) is 11.5 Å². The fourth-order valence-corrected chi connectivity index (χ4v) is 2.88. The van der Waals surface area contributed by atoms with Gasteiger partial charge in [-0.25, -0.2) is 4.98 Å². The minimum Gasteiger partial charge on any atom is -0.444 e. The number of anilines is 1. The normalized spacial score (nSPS) is 14.2. The third kappa shape index (κ3) is 2.97. The molecule has 4 rings (SSSR count). The number of aromatic amines is 1. The maximum atomic E-state index is 6.21. The summed E-state index contributed by atoms with van der Waals surface area (Å²) < 4.78 is 5.46. The van der Waals surface area contributed by atoms with Gasteiger partial charge >= 0.3 is 0 Å². The smallest absolute Gasteiger partial charge is 0.226 e. The highest BCUT2D eigenvalue weighted by Gasteiger charge is 2.29. The van der Waals surface area contributed by atoms with Gasteiger partial charge in [-0.3, -0.25) is 5.10 Å². The molecule has 1 aliphatic rings. The summed E-state index contributed by atoms with van der Waals surface area (Å²) in [4.78, 5) is 4.36. The third-order valence-corrected chi connectivity index (χ3v) is 4.34. The van der Waals surface area contributed by atoms with Crippen molar-refractivity contribution < 1.29 is 4.42 Å². The molecule has 1 aromatic carbocycles. The molecule has 2 aromatic heterocycles. The van der Waals surface area contributed by atoms with E-state index in [9.17, 15) is 0 Å². The Morgan fingerprint density at radius 2 is 2.26 bits per heavy atom. The molecule has 0 radical (unpaired) electrons. The number of nitrogens with zero attached hydrogens (tertiary/aromatic N) is 2. The Hall–Kier alpha value is -2.27. The molecule has 5 nitrogen and oxygen atoms in total. The Morgan fingerprint density at radius 1 is 1.39 bits per heavy atom. The van der Waals surface area contributed by atoms with E-state index in [2.05, 4.69) is 20.5 Å². The molecule has 1 aliphatic carbocycles. The standard InChI is InChI=1S/C17H17ClN4O/c1-10-9-23-17(20-10)12-3-2-4-13(7-12)19-8-14-15(11-5-6-11)21-22-16(14)18/h2-4,7,9,11,19H,5-6,8H2,1H3,(H,21,22). The number of rotatable bonds is 5. The van der Waals surface area contributed by atoms with Crippen LogP contribution >= 0.6 is 11.6 Å². The first-order valence-corrected chi connectivity index (χ1v) is 8.07. The molecule has 0 spiro atoms. The van der Waals surface area contributed by atoms with Gasteiger partial charge in [-0.15, -0.1) is 0 Å². The minimum atomic E-state index is 0.555. The van der Waals surface area contributed by atoms with Gasteiger partial charge in [-0.2, -0.15) is 5.10 Å². The lowest BCUT2D eigenvalue weighted by atomic mass is 10.1. The van der Waals surface area contributed by atoms with E-state index in [1.165, 1.54) is 18.5 Å². The predicted molar refractivity (Wildman–Crippen MR) is 89.6 cm³/mol. The lowest BCUT2D eigenvalue weighted by molar-refractivity contribution is 0.573. The SMILES string of the molecule is Cc1coc(-c2cccc(NCc3c(Cl)n[nH]c3C3CC3)c2)n1. The average molecular weight is 329 g/mol. The van der Waals surface area contributed by atoms with E-state index in [0.29, 0.717) is 23.5 Å². The first-order valence-electron chi connectivity index (χ1n) is 7.70. The summed E-state index contributed by atoms with van der Waals surface area (Å²) in [6, 6.07) is 8.01. The zero-order valence-corrected chi connectivity index (χ0v) is 13.5. The Morgan fingerprint density at radius 3 is 3.00 bits per heavy atom. The second-order valence-electron chi connectivity index (χ2n) is 5.91. The second-order valence-corrected chi connectivity index (χ2v) is 6.27. The van der Waals surface area contributed by atoms with E-state index in [4.69, 9.17) is 16.0 Å². The summed E-state index contributed by atoms with van der Waals surface area (Å²) in [5.41, 5.74) is 5.05. The molecule has 2 N–H and O–H groups in total. The Labute approximate surface area is 139 Å². The number of H-pyrrole nitrogens is 1. The van der Waals surface area contributed by atoms with Crippen LogP contribution in [0.4, 0.5) is 5.69 Å². The summed E-state index contributed by atoms with van der Waals surface area (Å²) in [5.74, 6) is 1.22. The van der Waals surface area contributed by atoms with Gasteiger partial charge in [0, 0.05) is 35.0 Å². The van der Waals surface area contributed by atoms with Crippen molar-refractivity contribution in [2.45, 2.75) is 32.2 Å². The van der Waals surface area contributed by atoms with Crippen LogP contribution in [0, 0.1) is 6.92 Å². The summed E-state index contributed by atoms with van der Waals surface area (Å²) in [6.07, 6.45) is 4.08. The zero-order valence-electron chi connectivity index (χ0n) is 12.8. The lowest BCUT2D eigenvalue weighted by Gasteiger charge is -2.08. The van der Waals surface area contributed by atoms with Crippen molar-refractivity contribution in [3.05, 3.63) is 52.6 Å². The maximum Gasteiger partial charge on any atom is 0.226 e. The Balaban J connectivity index is 1.52. The van der Waals surface area contributed by atoms with Gasteiger partial charge in [0.05, 0.1) is 5.69 Å². The molecule has 0 bridgehead atoms. The number of nitrogens with one attached hydrogen (secondary N) is 2. The highest BCUT2D eigenvalue weighted by Crippen LogP contribution is 2.42. The lowest BCUT2D eigenvalue weighted by Crippen LogP contribution is -2.01. The van der Waals surface area contributed by atoms with Crippen LogP contribution in [0.2, 0.25) is 5.15 Å². The quantitative estimate of drug-likeness (QED) is 0.722. The maximum absolute atomic E-state index is 6.21. The average Bonchev–Trinajstić information content (AvgIpc) is 3.20. The third-order valence-electron chi connectivity index (χ3n) is 4.03. The molecule has 0 unspecified atom stereocenters. The zero-order chi connectivity index (χ0) is 15.8. The van der Waals surface area contributed by atoms with Gasteiger partial charge in [0.2, 0.25) is 5.89 Å². The molecular weight excluding hydrogens is 312 g/mol. The molecule has 0 saturated heterocycles. The highest BCUT2D eigenvalue weighted by atomic mass is 35.5. The van der Waals surface area contributed by atoms with Gasteiger partial charge in [0.1, 0.15) is 6.26 Å². The molecule has 3 aromatic rings. The van der Waals surface area contributed by atoms with E-state index < -0.39 is 0 Å². The molecule has 0 atom stereocenters. The molecule has 0 aliphatic heterocycles. The van der Waals surface area contributed by atoms with Crippen molar-refractivity contribution in [3.63, 3.8) is 0 Å². The van der Waals surface area contributed by atoms with Crippen LogP contribution in [-0.2, 0) is 6.54 Å². The second kappa shape index (κ2) is 5.74. The van der Waals surface area contributed by atoms with Gasteiger partial charge in [-0.05, 0) is 38.0 Å². The Bertz CT molecular complexity index is 835. The molecular formula is C17H17ClN4O. The van der Waals surface area contributed by atoms with Crippen molar-refractivity contribution in [2.24, 2.45) is 0 Å². The van der Waals surface area contributed by atoms with E-state index >= 15 is 0 Å². The van der Waals surface area contributed by atoms with Crippen molar-refractivity contribution in [1.82, 2.24) is 15.2 Å². The molecule has 1 saturated carbocycles. The number of benzene rings is 1. The fourth-order valence-electron chi connectivity index (χ4n) is 2.67. The molecule has 2 heterocycles. The van der Waals surface area contributed by atoms with Gasteiger partial charge in [0.15, 0.2) is 5.15 Å². The van der Waals surface area contributed by atoms with Crippen molar-refractivity contribution >= 4 is 17.3 Å². The van der Waals surface area contributed by atoms with Crippen molar-refractivity contribution in [1.29, 1.82) is 0 Å². The van der Waals surface area contributed by atoms with E-state index in [0.717, 1.165) is 22.5 Å². The summed E-state index contributed by atoms with van der Waals surface area (Å²) >= 11 is 6.21. The van der Waals surface area contributed by atoms with Crippen LogP contribution in [0.5, 0.6) is 0 Å². The van der Waals surface area contributed by atoms with Crippen LogP contribution in [0.15, 0.2) is 34.9 Å². The van der Waals surface area contributed by atoms with Crippen molar-refractivity contribution in [3.8, 4) is 11.5 Å². The van der Waals surface area contributed by atoms with E-state index in [-0.39, 0.29) is 0 Å². The Kier molecular flexibility index (Phi) is 3.58. The summed E-state index contributed by atoms with van der Waals surface area (Å²) in [7, 11) is 0. The number of aryl methyl sites for hydroxylation is 1. The number of oxazole rings is 1. The van der Waals surface area contributed by atoms with Crippen LogP contribution < -0.4 is 5.32 Å². The highest BCUT2D eigenvalue weighted by molar-refractivity contribution is 6.30. The van der Waals surface area contributed by atoms with Crippen molar-refractivity contribution in [2.75, 3.05) is 5.32 Å². The number of hydrogen-bond donors (Lipinski definition) is 2. The molecule has 1 fully saturated rings. The first kappa shape index (κ1) is 14.3. The van der Waals surface area contributed by atoms with Gasteiger partial charge < -0.3 is 9.73 Å². The molecule has 23 heavy (non-hydrogen) atoms. The number of halogens is 1. The van der Waals surface area contributed by atoms with Crippen LogP contribution in [0.3, 0.4) is 0 Å². The number of hydrogen-bond acceptors (Lipinski definition) is 4. The largest absolute Gasteiger partial charge is 0.444 e. The number of aromatic nitrogens is 3. The summed E-state index contributed by atoms with van der Waals surface area (Å²) in [6.45, 7) is 2.56. The monoisotopic (exact) mass is 328 g/mol. The van der Waals surface area contributed by atoms with E-state index in [1.807, 2.05) is 31.2 Å². The molecule has 118 valence electrons. The first-order chi connectivity index (χ1) is 11.2. The summed E-state index contributed by atoms with van der Waals surface area (Å²) in [5, 5.41) is 11.2. The minimum absolute atomic E-state index is 0.555. The molecule has 6 heteroatoms. The fraction of sp³-hybridized carbons (Fsp3) is 0.294. The van der Waals surface area contributed by atoms with Crippen LogP contribution in [0.1, 0.15) is 35.7 Å². The topological polar surface area (TPSA) is 66.7 Å². The van der Waals surface area contributed by atoms with Crippen LogP contribution in [-0.4, -0.2) is 15.2 Å². The van der Waals surface area contributed by atoms with Gasteiger partial charge in [0.25, 0.3) is 0 Å².